The first-order chi connectivity index (χ1) is 15.1. The molecule has 7 heteroatoms. The number of aromatic nitrogens is 4. The third kappa shape index (κ3) is 3.13. The SMILES string of the molecule is COc1ccc(C2CC(=O)c3nnc4c(-c5ccccc5)c(C)nn4c3C2)cc1OC. The van der Waals surface area contributed by atoms with Gasteiger partial charge < -0.3 is 9.47 Å². The van der Waals surface area contributed by atoms with Crippen LogP contribution in [0.15, 0.2) is 48.5 Å². The van der Waals surface area contributed by atoms with Crippen molar-refractivity contribution < 1.29 is 14.3 Å². The van der Waals surface area contributed by atoms with Crippen LogP contribution in [0, 0.1) is 6.92 Å². The predicted octanol–water partition coefficient (Wildman–Crippen LogP) is 4.03. The van der Waals surface area contributed by atoms with E-state index in [1.54, 1.807) is 18.7 Å². The lowest BCUT2D eigenvalue weighted by atomic mass is 9.83. The first-order valence-corrected chi connectivity index (χ1v) is 10.2. The molecule has 156 valence electrons. The van der Waals surface area contributed by atoms with Crippen LogP contribution in [0.2, 0.25) is 0 Å². The van der Waals surface area contributed by atoms with Gasteiger partial charge in [-0.1, -0.05) is 36.4 Å². The second-order valence-corrected chi connectivity index (χ2v) is 7.70. The van der Waals surface area contributed by atoms with Gasteiger partial charge in [0.1, 0.15) is 0 Å². The molecular formula is C24H22N4O3. The topological polar surface area (TPSA) is 78.6 Å². The zero-order chi connectivity index (χ0) is 21.5. The lowest BCUT2D eigenvalue weighted by Crippen LogP contribution is -2.24. The Balaban J connectivity index is 1.62. The van der Waals surface area contributed by atoms with Crippen molar-refractivity contribution in [3.05, 3.63) is 71.2 Å². The second kappa shape index (κ2) is 7.50. The molecule has 0 fully saturated rings. The lowest BCUT2D eigenvalue weighted by molar-refractivity contribution is 0.0955. The molecule has 0 aliphatic heterocycles. The normalized spacial score (nSPS) is 15.7. The quantitative estimate of drug-likeness (QED) is 0.502. The highest BCUT2D eigenvalue weighted by molar-refractivity contribution is 5.97. The molecule has 7 nitrogen and oxygen atoms in total. The number of carbonyl (C=O) groups is 1. The van der Waals surface area contributed by atoms with Gasteiger partial charge >= 0.3 is 0 Å². The summed E-state index contributed by atoms with van der Waals surface area (Å²) >= 11 is 0. The molecule has 2 heterocycles. The highest BCUT2D eigenvalue weighted by atomic mass is 16.5. The molecule has 2 aromatic heterocycles. The van der Waals surface area contributed by atoms with Gasteiger partial charge in [0.05, 0.1) is 31.2 Å². The summed E-state index contributed by atoms with van der Waals surface area (Å²) in [6.07, 6.45) is 1.01. The number of ketones is 1. The number of methoxy groups -OCH3 is 2. The second-order valence-electron chi connectivity index (χ2n) is 7.70. The van der Waals surface area contributed by atoms with E-state index < -0.39 is 0 Å². The third-order valence-electron chi connectivity index (χ3n) is 5.89. The van der Waals surface area contributed by atoms with E-state index in [9.17, 15) is 4.79 Å². The molecule has 31 heavy (non-hydrogen) atoms. The van der Waals surface area contributed by atoms with Gasteiger partial charge in [-0.25, -0.2) is 4.52 Å². The van der Waals surface area contributed by atoms with E-state index in [0.717, 1.165) is 28.1 Å². The molecule has 0 N–H and O–H groups in total. The van der Waals surface area contributed by atoms with Crippen LogP contribution in [0.3, 0.4) is 0 Å². The fourth-order valence-corrected chi connectivity index (χ4v) is 4.36. The van der Waals surface area contributed by atoms with Crippen LogP contribution in [0.5, 0.6) is 11.5 Å². The van der Waals surface area contributed by atoms with Gasteiger partial charge in [0, 0.05) is 6.42 Å². The summed E-state index contributed by atoms with van der Waals surface area (Å²) in [4.78, 5) is 13.0. The van der Waals surface area contributed by atoms with Crippen LogP contribution in [0.25, 0.3) is 16.8 Å². The number of benzene rings is 2. The number of hydrogen-bond donors (Lipinski definition) is 0. The fraction of sp³-hybridized carbons (Fsp3) is 0.250. The van der Waals surface area contributed by atoms with Crippen molar-refractivity contribution in [3.8, 4) is 22.6 Å². The molecule has 0 amide bonds. The summed E-state index contributed by atoms with van der Waals surface area (Å²) in [7, 11) is 3.22. The average Bonchev–Trinajstić information content (AvgIpc) is 3.15. The Morgan fingerprint density at radius 2 is 1.74 bits per heavy atom. The summed E-state index contributed by atoms with van der Waals surface area (Å²) in [6.45, 7) is 1.96. The van der Waals surface area contributed by atoms with Gasteiger partial charge in [0.25, 0.3) is 0 Å². The van der Waals surface area contributed by atoms with Gasteiger partial charge in [0.2, 0.25) is 0 Å². The number of fused-ring (bicyclic) bond motifs is 3. The maximum absolute atomic E-state index is 13.0. The monoisotopic (exact) mass is 414 g/mol. The Morgan fingerprint density at radius 1 is 0.968 bits per heavy atom. The number of Topliss-reactive ketones (excluding diaryl/α,β-unsaturated/α-hetero) is 1. The molecule has 0 spiro atoms. The molecule has 1 unspecified atom stereocenters. The minimum absolute atomic E-state index is 0.00288. The zero-order valence-electron chi connectivity index (χ0n) is 17.6. The van der Waals surface area contributed by atoms with Gasteiger partial charge in [-0.15, -0.1) is 10.2 Å². The molecule has 0 saturated carbocycles. The van der Waals surface area contributed by atoms with Gasteiger partial charge in [-0.05, 0) is 42.5 Å². The summed E-state index contributed by atoms with van der Waals surface area (Å²) in [6, 6.07) is 15.8. The number of rotatable bonds is 4. The summed E-state index contributed by atoms with van der Waals surface area (Å²) < 4.78 is 12.6. The van der Waals surface area contributed by atoms with E-state index in [-0.39, 0.29) is 11.7 Å². The average molecular weight is 414 g/mol. The highest BCUT2D eigenvalue weighted by Crippen LogP contribution is 2.37. The maximum atomic E-state index is 13.0. The number of aryl methyl sites for hydroxylation is 1. The molecule has 0 radical (unpaired) electrons. The molecule has 0 saturated heterocycles. The number of hydrogen-bond acceptors (Lipinski definition) is 6. The molecule has 5 rings (SSSR count). The molecule has 1 aliphatic carbocycles. The Morgan fingerprint density at radius 3 is 2.48 bits per heavy atom. The van der Waals surface area contributed by atoms with Crippen molar-refractivity contribution in [1.29, 1.82) is 0 Å². The van der Waals surface area contributed by atoms with Crippen LogP contribution >= 0.6 is 0 Å². The zero-order valence-corrected chi connectivity index (χ0v) is 17.6. The molecule has 1 atom stereocenters. The first kappa shape index (κ1) is 19.2. The smallest absolute Gasteiger partial charge is 0.185 e. The molecule has 0 bridgehead atoms. The molecular weight excluding hydrogens is 392 g/mol. The minimum atomic E-state index is -0.0233. The lowest BCUT2D eigenvalue weighted by Gasteiger charge is -2.24. The van der Waals surface area contributed by atoms with Crippen molar-refractivity contribution in [2.24, 2.45) is 0 Å². The number of carbonyl (C=O) groups excluding carboxylic acids is 1. The van der Waals surface area contributed by atoms with Crippen molar-refractivity contribution >= 4 is 11.4 Å². The van der Waals surface area contributed by atoms with Gasteiger partial charge in [-0.2, -0.15) is 5.10 Å². The largest absolute Gasteiger partial charge is 0.493 e. The maximum Gasteiger partial charge on any atom is 0.185 e. The summed E-state index contributed by atoms with van der Waals surface area (Å²) in [5.74, 6) is 1.29. The number of ether oxygens (including phenoxy) is 2. The molecule has 2 aromatic carbocycles. The van der Waals surface area contributed by atoms with Crippen molar-refractivity contribution in [3.63, 3.8) is 0 Å². The fourth-order valence-electron chi connectivity index (χ4n) is 4.36. The first-order valence-electron chi connectivity index (χ1n) is 10.2. The number of nitrogens with zero attached hydrogens (tertiary/aromatic N) is 4. The highest BCUT2D eigenvalue weighted by Gasteiger charge is 2.32. The third-order valence-corrected chi connectivity index (χ3v) is 5.89. The minimum Gasteiger partial charge on any atom is -0.493 e. The summed E-state index contributed by atoms with van der Waals surface area (Å²) in [5, 5.41) is 13.4. The van der Waals surface area contributed by atoms with Crippen molar-refractivity contribution in [1.82, 2.24) is 19.8 Å². The van der Waals surface area contributed by atoms with Crippen LogP contribution in [0.1, 0.15) is 39.8 Å². The summed E-state index contributed by atoms with van der Waals surface area (Å²) in [5.41, 5.74) is 5.73. The molecule has 1 aliphatic rings. The Bertz CT molecular complexity index is 1300. The van der Waals surface area contributed by atoms with Crippen LogP contribution in [-0.2, 0) is 6.42 Å². The van der Waals surface area contributed by atoms with E-state index in [4.69, 9.17) is 14.6 Å². The standard InChI is InChI=1S/C24H22N4O3/c1-14-22(15-7-5-4-6-8-15)24-26-25-23-18(28(24)27-14)11-17(12-19(23)29)16-9-10-20(30-2)21(13-16)31-3/h4-10,13,17H,11-12H2,1-3H3. The van der Waals surface area contributed by atoms with Gasteiger partial charge in [-0.3, -0.25) is 4.79 Å². The van der Waals surface area contributed by atoms with E-state index in [0.29, 0.717) is 35.7 Å². The van der Waals surface area contributed by atoms with Crippen molar-refractivity contribution in [2.75, 3.05) is 14.2 Å². The van der Waals surface area contributed by atoms with E-state index in [1.807, 2.05) is 55.5 Å². The Hall–Kier alpha value is -3.74. The van der Waals surface area contributed by atoms with E-state index in [2.05, 4.69) is 10.2 Å². The van der Waals surface area contributed by atoms with Crippen molar-refractivity contribution in [2.45, 2.75) is 25.7 Å². The van der Waals surface area contributed by atoms with E-state index >= 15 is 0 Å². The van der Waals surface area contributed by atoms with Crippen LogP contribution in [0.4, 0.5) is 0 Å². The van der Waals surface area contributed by atoms with E-state index in [1.165, 1.54) is 0 Å². The Labute approximate surface area is 179 Å². The van der Waals surface area contributed by atoms with Crippen LogP contribution in [-0.4, -0.2) is 39.8 Å². The predicted molar refractivity (Wildman–Crippen MR) is 116 cm³/mol. The van der Waals surface area contributed by atoms with Gasteiger partial charge in [0.15, 0.2) is 28.6 Å². The molecule has 4 aromatic rings. The van der Waals surface area contributed by atoms with Crippen LogP contribution < -0.4 is 9.47 Å². The Kier molecular flexibility index (Phi) is 4.66.